The van der Waals surface area contributed by atoms with Gasteiger partial charge in [-0.05, 0) is 34.4 Å². The van der Waals surface area contributed by atoms with Crippen LogP contribution in [-0.4, -0.2) is 16.2 Å². The quantitative estimate of drug-likeness (QED) is 0.650. The van der Waals surface area contributed by atoms with Gasteiger partial charge >= 0.3 is 5.97 Å². The number of hydrogen-bond acceptors (Lipinski definition) is 2. The number of carbonyl (C=O) groups is 1. The molecule has 3 aromatic carbocycles. The first-order valence-corrected chi connectivity index (χ1v) is 8.31. The topological polar surface area (TPSA) is 57.5 Å². The van der Waals surface area contributed by atoms with E-state index in [2.05, 4.69) is 12.1 Å². The van der Waals surface area contributed by atoms with Crippen molar-refractivity contribution in [3.8, 4) is 11.1 Å². The van der Waals surface area contributed by atoms with Gasteiger partial charge in [-0.25, -0.2) is 4.79 Å². The molecule has 0 amide bonds. The van der Waals surface area contributed by atoms with Gasteiger partial charge in [0.15, 0.2) is 0 Å². The fourth-order valence-electron chi connectivity index (χ4n) is 2.22. The van der Waals surface area contributed by atoms with E-state index in [4.69, 9.17) is 21.8 Å². The summed E-state index contributed by atoms with van der Waals surface area (Å²) in [5.74, 6) is -0.571. The van der Waals surface area contributed by atoms with Gasteiger partial charge in [-0.3, -0.25) is 0 Å². The number of alkyl halides is 1. The lowest BCUT2D eigenvalue weighted by molar-refractivity contribution is 0.0697. The number of benzene rings is 3. The molecular formula is C21H19ClO3. The highest BCUT2D eigenvalue weighted by molar-refractivity contribution is 6.17. The average Bonchev–Trinajstić information content (AvgIpc) is 2.69. The number of rotatable bonds is 4. The van der Waals surface area contributed by atoms with E-state index in [1.807, 2.05) is 42.5 Å². The van der Waals surface area contributed by atoms with E-state index in [0.29, 0.717) is 5.88 Å². The maximum atomic E-state index is 10.4. The van der Waals surface area contributed by atoms with Crippen LogP contribution < -0.4 is 0 Å². The summed E-state index contributed by atoms with van der Waals surface area (Å²) in [6.07, 6.45) is 0. The number of carboxylic acids is 1. The highest BCUT2D eigenvalue weighted by Crippen LogP contribution is 2.18. The molecule has 3 nitrogen and oxygen atoms in total. The number of halogens is 1. The Hall–Kier alpha value is -2.62. The van der Waals surface area contributed by atoms with Gasteiger partial charge in [0, 0.05) is 5.88 Å². The van der Waals surface area contributed by atoms with Crippen molar-refractivity contribution >= 4 is 17.6 Å². The van der Waals surface area contributed by atoms with E-state index in [0.717, 1.165) is 11.1 Å². The van der Waals surface area contributed by atoms with Crippen LogP contribution in [0.15, 0.2) is 78.9 Å². The van der Waals surface area contributed by atoms with Gasteiger partial charge in [-0.15, -0.1) is 11.6 Å². The number of aromatic carboxylic acids is 1. The molecule has 0 atom stereocenters. The van der Waals surface area contributed by atoms with Crippen LogP contribution in [0, 0.1) is 0 Å². The Morgan fingerprint density at radius 1 is 0.800 bits per heavy atom. The molecule has 0 heterocycles. The van der Waals surface area contributed by atoms with Crippen molar-refractivity contribution in [1.82, 2.24) is 0 Å². The number of aliphatic hydroxyl groups is 1. The van der Waals surface area contributed by atoms with Crippen LogP contribution in [0.4, 0.5) is 0 Å². The van der Waals surface area contributed by atoms with Crippen LogP contribution in [0.3, 0.4) is 0 Å². The third kappa shape index (κ3) is 5.75. The van der Waals surface area contributed by atoms with E-state index >= 15 is 0 Å². The van der Waals surface area contributed by atoms with E-state index < -0.39 is 5.97 Å². The van der Waals surface area contributed by atoms with Gasteiger partial charge < -0.3 is 10.2 Å². The monoisotopic (exact) mass is 354 g/mol. The summed E-state index contributed by atoms with van der Waals surface area (Å²) in [4.78, 5) is 10.4. The highest BCUT2D eigenvalue weighted by atomic mass is 35.5. The molecule has 3 aromatic rings. The lowest BCUT2D eigenvalue weighted by Gasteiger charge is -2.01. The fraction of sp³-hybridized carbons (Fsp3) is 0.0952. The molecule has 0 bridgehead atoms. The third-order valence-electron chi connectivity index (χ3n) is 3.57. The van der Waals surface area contributed by atoms with Crippen LogP contribution >= 0.6 is 11.6 Å². The minimum Gasteiger partial charge on any atom is -0.478 e. The van der Waals surface area contributed by atoms with Crippen molar-refractivity contribution in [2.45, 2.75) is 12.5 Å². The van der Waals surface area contributed by atoms with Gasteiger partial charge in [0.2, 0.25) is 0 Å². The maximum Gasteiger partial charge on any atom is 0.335 e. The molecule has 0 spiro atoms. The first kappa shape index (κ1) is 18.7. The van der Waals surface area contributed by atoms with Gasteiger partial charge in [0.25, 0.3) is 0 Å². The van der Waals surface area contributed by atoms with Gasteiger partial charge in [-0.2, -0.15) is 0 Å². The van der Waals surface area contributed by atoms with Crippen molar-refractivity contribution in [3.63, 3.8) is 0 Å². The first-order valence-electron chi connectivity index (χ1n) is 7.77. The van der Waals surface area contributed by atoms with Crippen LogP contribution in [0.25, 0.3) is 11.1 Å². The molecule has 0 saturated carbocycles. The smallest absolute Gasteiger partial charge is 0.335 e. The molecule has 3 rings (SSSR count). The molecule has 0 saturated heterocycles. The van der Waals surface area contributed by atoms with Crippen molar-refractivity contribution in [2.75, 3.05) is 0 Å². The van der Waals surface area contributed by atoms with Crippen LogP contribution in [0.2, 0.25) is 0 Å². The predicted molar refractivity (Wildman–Crippen MR) is 101 cm³/mol. The minimum absolute atomic E-state index is 0.106. The third-order valence-corrected chi connectivity index (χ3v) is 3.88. The zero-order chi connectivity index (χ0) is 18.1. The zero-order valence-corrected chi connectivity index (χ0v) is 14.4. The highest BCUT2D eigenvalue weighted by Gasteiger charge is 2.01. The molecule has 4 heteroatoms. The van der Waals surface area contributed by atoms with Crippen LogP contribution in [-0.2, 0) is 12.5 Å². The van der Waals surface area contributed by atoms with Crippen LogP contribution in [0.1, 0.15) is 21.5 Å². The second-order valence-electron chi connectivity index (χ2n) is 5.36. The largest absolute Gasteiger partial charge is 0.478 e. The number of carboxylic acid groups (broad SMARTS) is 1. The Morgan fingerprint density at radius 2 is 1.44 bits per heavy atom. The summed E-state index contributed by atoms with van der Waals surface area (Å²) < 4.78 is 0. The van der Waals surface area contributed by atoms with Crippen molar-refractivity contribution in [2.24, 2.45) is 0 Å². The summed E-state index contributed by atoms with van der Waals surface area (Å²) in [6, 6.07) is 24.7. The second kappa shape index (κ2) is 9.62. The lowest BCUT2D eigenvalue weighted by Crippen LogP contribution is -1.95. The van der Waals surface area contributed by atoms with Crippen molar-refractivity contribution in [1.29, 1.82) is 0 Å². The molecule has 0 aromatic heterocycles. The molecule has 2 N–H and O–H groups in total. The molecule has 0 aliphatic heterocycles. The van der Waals surface area contributed by atoms with Crippen LogP contribution in [0.5, 0.6) is 0 Å². The Bertz CT molecular complexity index is 799. The predicted octanol–water partition coefficient (Wildman–Crippen LogP) is 4.97. The molecular weight excluding hydrogens is 336 g/mol. The standard InChI is InChI=1S/C13H12O.C8H7ClO2/c14-10-11-6-8-13(9-7-11)12-4-2-1-3-5-12;9-5-6-2-1-3-7(4-6)8(10)11/h1-9,14H,10H2;1-4H,5H2,(H,10,11). The SMILES string of the molecule is O=C(O)c1cccc(CCl)c1.OCc1ccc(-c2ccccc2)cc1. The van der Waals surface area contributed by atoms with Gasteiger partial charge in [0.05, 0.1) is 12.2 Å². The maximum absolute atomic E-state index is 10.4. The molecule has 128 valence electrons. The molecule has 0 aliphatic rings. The summed E-state index contributed by atoms with van der Waals surface area (Å²) in [5.41, 5.74) is 4.44. The average molecular weight is 355 g/mol. The lowest BCUT2D eigenvalue weighted by atomic mass is 10.0. The van der Waals surface area contributed by atoms with E-state index in [1.54, 1.807) is 24.3 Å². The minimum atomic E-state index is -0.919. The molecule has 0 radical (unpaired) electrons. The molecule has 0 unspecified atom stereocenters. The normalized spacial score (nSPS) is 9.84. The molecule has 0 aliphatic carbocycles. The van der Waals surface area contributed by atoms with E-state index in [-0.39, 0.29) is 12.2 Å². The first-order chi connectivity index (χ1) is 12.1. The Balaban J connectivity index is 0.000000186. The van der Waals surface area contributed by atoms with E-state index in [9.17, 15) is 4.79 Å². The molecule has 0 fully saturated rings. The Labute approximate surface area is 152 Å². The Kier molecular flexibility index (Phi) is 7.20. The molecule has 25 heavy (non-hydrogen) atoms. The summed E-state index contributed by atoms with van der Waals surface area (Å²) >= 11 is 5.51. The van der Waals surface area contributed by atoms with Gasteiger partial charge in [-0.1, -0.05) is 66.7 Å². The number of hydrogen-bond donors (Lipinski definition) is 2. The second-order valence-corrected chi connectivity index (χ2v) is 5.63. The van der Waals surface area contributed by atoms with Gasteiger partial charge in [0.1, 0.15) is 0 Å². The summed E-state index contributed by atoms with van der Waals surface area (Å²) in [7, 11) is 0. The van der Waals surface area contributed by atoms with Crippen molar-refractivity contribution in [3.05, 3.63) is 95.6 Å². The Morgan fingerprint density at radius 3 is 2.00 bits per heavy atom. The van der Waals surface area contributed by atoms with Crippen molar-refractivity contribution < 1.29 is 15.0 Å². The zero-order valence-electron chi connectivity index (χ0n) is 13.6. The summed E-state index contributed by atoms with van der Waals surface area (Å²) in [5, 5.41) is 17.5. The summed E-state index contributed by atoms with van der Waals surface area (Å²) in [6.45, 7) is 0.106. The van der Waals surface area contributed by atoms with E-state index in [1.165, 1.54) is 11.1 Å². The number of aliphatic hydroxyl groups excluding tert-OH is 1. The fourth-order valence-corrected chi connectivity index (χ4v) is 2.39.